The SMILES string of the molecule is COc1cn2c(Br)cnc2cc1-c1cnn(C)c1. The van der Waals surface area contributed by atoms with Crippen molar-refractivity contribution in [2.24, 2.45) is 7.05 Å². The van der Waals surface area contributed by atoms with E-state index in [1.165, 1.54) is 0 Å². The number of rotatable bonds is 2. The van der Waals surface area contributed by atoms with E-state index in [4.69, 9.17) is 4.74 Å². The van der Waals surface area contributed by atoms with Crippen LogP contribution in [0.15, 0.2) is 35.5 Å². The van der Waals surface area contributed by atoms with Crippen molar-refractivity contribution in [1.82, 2.24) is 19.2 Å². The van der Waals surface area contributed by atoms with Gasteiger partial charge in [0, 0.05) is 24.4 Å². The first-order chi connectivity index (χ1) is 8.69. The van der Waals surface area contributed by atoms with Crippen molar-refractivity contribution >= 4 is 21.6 Å². The smallest absolute Gasteiger partial charge is 0.143 e. The van der Waals surface area contributed by atoms with Gasteiger partial charge in [0.2, 0.25) is 0 Å². The van der Waals surface area contributed by atoms with Crippen molar-refractivity contribution < 1.29 is 4.74 Å². The van der Waals surface area contributed by atoms with Crippen LogP contribution in [0.2, 0.25) is 0 Å². The van der Waals surface area contributed by atoms with Gasteiger partial charge in [0.25, 0.3) is 0 Å². The van der Waals surface area contributed by atoms with Gasteiger partial charge in [0.05, 0.1) is 25.7 Å². The number of nitrogens with zero attached hydrogens (tertiary/aromatic N) is 4. The number of pyridine rings is 1. The Morgan fingerprint density at radius 3 is 2.78 bits per heavy atom. The molecule has 3 heterocycles. The Morgan fingerprint density at radius 2 is 2.11 bits per heavy atom. The van der Waals surface area contributed by atoms with E-state index in [9.17, 15) is 0 Å². The zero-order valence-electron chi connectivity index (χ0n) is 9.96. The van der Waals surface area contributed by atoms with E-state index < -0.39 is 0 Å². The summed E-state index contributed by atoms with van der Waals surface area (Å²) in [4.78, 5) is 4.32. The first kappa shape index (κ1) is 11.3. The molecule has 0 amide bonds. The van der Waals surface area contributed by atoms with Crippen LogP contribution in [0.4, 0.5) is 0 Å². The summed E-state index contributed by atoms with van der Waals surface area (Å²) in [7, 11) is 3.55. The number of aromatic nitrogens is 4. The van der Waals surface area contributed by atoms with E-state index in [2.05, 4.69) is 26.0 Å². The fraction of sp³-hybridized carbons (Fsp3) is 0.167. The summed E-state index contributed by atoms with van der Waals surface area (Å²) < 4.78 is 10.0. The first-order valence-electron chi connectivity index (χ1n) is 5.38. The largest absolute Gasteiger partial charge is 0.495 e. The minimum absolute atomic E-state index is 0.786. The Bertz CT molecular complexity index is 716. The molecule has 6 heteroatoms. The van der Waals surface area contributed by atoms with Crippen LogP contribution in [0.1, 0.15) is 0 Å². The Kier molecular flexibility index (Phi) is 2.59. The third-order valence-electron chi connectivity index (χ3n) is 2.80. The Labute approximate surface area is 112 Å². The van der Waals surface area contributed by atoms with Crippen molar-refractivity contribution in [3.8, 4) is 16.9 Å². The van der Waals surface area contributed by atoms with Gasteiger partial charge >= 0.3 is 0 Å². The molecule has 92 valence electrons. The van der Waals surface area contributed by atoms with Crippen molar-refractivity contribution in [2.75, 3.05) is 7.11 Å². The van der Waals surface area contributed by atoms with Gasteiger partial charge in [0.15, 0.2) is 0 Å². The lowest BCUT2D eigenvalue weighted by molar-refractivity contribution is 0.414. The Balaban J connectivity index is 2.27. The highest BCUT2D eigenvalue weighted by atomic mass is 79.9. The highest BCUT2D eigenvalue weighted by Crippen LogP contribution is 2.31. The molecule has 0 bridgehead atoms. The molecule has 0 aromatic carbocycles. The summed E-state index contributed by atoms with van der Waals surface area (Å²) in [6.07, 6.45) is 7.44. The molecule has 0 aliphatic heterocycles. The molecule has 0 aliphatic carbocycles. The number of hydrogen-bond donors (Lipinski definition) is 0. The van der Waals surface area contributed by atoms with Gasteiger partial charge in [-0.05, 0) is 22.0 Å². The number of aryl methyl sites for hydroxylation is 1. The molecule has 0 unspecified atom stereocenters. The van der Waals surface area contributed by atoms with Crippen LogP contribution in [-0.2, 0) is 7.05 Å². The van der Waals surface area contributed by atoms with Crippen molar-refractivity contribution in [3.63, 3.8) is 0 Å². The zero-order valence-corrected chi connectivity index (χ0v) is 11.5. The lowest BCUT2D eigenvalue weighted by Gasteiger charge is -2.08. The van der Waals surface area contributed by atoms with Gasteiger partial charge in [-0.3, -0.25) is 9.08 Å². The summed E-state index contributed by atoms with van der Waals surface area (Å²) >= 11 is 3.44. The minimum atomic E-state index is 0.786. The van der Waals surface area contributed by atoms with E-state index in [1.54, 1.807) is 18.0 Å². The first-order valence-corrected chi connectivity index (χ1v) is 6.18. The summed E-state index contributed by atoms with van der Waals surface area (Å²) in [5.74, 6) is 0.786. The standard InChI is InChI=1S/C12H11BrN4O/c1-16-6-8(4-15-16)9-3-12-14-5-11(13)17(12)7-10(9)18-2/h3-7H,1-2H3. The van der Waals surface area contributed by atoms with Crippen molar-refractivity contribution in [1.29, 1.82) is 0 Å². The normalized spacial score (nSPS) is 11.1. The molecular formula is C12H11BrN4O. The molecule has 18 heavy (non-hydrogen) atoms. The van der Waals surface area contributed by atoms with E-state index in [0.717, 1.165) is 27.1 Å². The van der Waals surface area contributed by atoms with Crippen LogP contribution in [-0.4, -0.2) is 26.3 Å². The van der Waals surface area contributed by atoms with Crippen LogP contribution >= 0.6 is 15.9 Å². The lowest BCUT2D eigenvalue weighted by Crippen LogP contribution is -1.93. The predicted octanol–water partition coefficient (Wildman–Crippen LogP) is 2.51. The fourth-order valence-corrected chi connectivity index (χ4v) is 2.31. The second-order valence-corrected chi connectivity index (χ2v) is 4.78. The molecule has 0 atom stereocenters. The minimum Gasteiger partial charge on any atom is -0.495 e. The topological polar surface area (TPSA) is 44.4 Å². The monoisotopic (exact) mass is 306 g/mol. The maximum absolute atomic E-state index is 5.44. The summed E-state index contributed by atoms with van der Waals surface area (Å²) in [6.45, 7) is 0. The molecule has 0 fully saturated rings. The Hall–Kier alpha value is -1.82. The summed E-state index contributed by atoms with van der Waals surface area (Å²) in [6, 6.07) is 1.99. The third-order valence-corrected chi connectivity index (χ3v) is 3.39. The van der Waals surface area contributed by atoms with Crippen LogP contribution in [0.3, 0.4) is 0 Å². The molecule has 0 saturated heterocycles. The van der Waals surface area contributed by atoms with E-state index >= 15 is 0 Å². The highest BCUT2D eigenvalue weighted by molar-refractivity contribution is 9.10. The van der Waals surface area contributed by atoms with Crippen LogP contribution < -0.4 is 4.74 Å². The van der Waals surface area contributed by atoms with Gasteiger partial charge in [0.1, 0.15) is 16.0 Å². The fourth-order valence-electron chi connectivity index (χ4n) is 1.92. The van der Waals surface area contributed by atoms with E-state index in [-0.39, 0.29) is 0 Å². The molecule has 0 N–H and O–H groups in total. The molecule has 0 radical (unpaired) electrons. The maximum atomic E-state index is 5.44. The third kappa shape index (κ3) is 1.69. The Morgan fingerprint density at radius 1 is 1.28 bits per heavy atom. The van der Waals surface area contributed by atoms with Crippen LogP contribution in [0.25, 0.3) is 16.8 Å². The van der Waals surface area contributed by atoms with Gasteiger partial charge in [-0.15, -0.1) is 0 Å². The number of methoxy groups -OCH3 is 1. The molecule has 0 spiro atoms. The van der Waals surface area contributed by atoms with Gasteiger partial charge in [-0.2, -0.15) is 5.10 Å². The number of fused-ring (bicyclic) bond motifs is 1. The number of halogens is 1. The molecule has 0 aliphatic rings. The number of ether oxygens (including phenoxy) is 1. The maximum Gasteiger partial charge on any atom is 0.143 e. The summed E-state index contributed by atoms with van der Waals surface area (Å²) in [5.41, 5.74) is 2.86. The number of imidazole rings is 1. The number of hydrogen-bond acceptors (Lipinski definition) is 3. The summed E-state index contributed by atoms with van der Waals surface area (Å²) in [5, 5.41) is 4.18. The zero-order chi connectivity index (χ0) is 12.7. The molecule has 5 nitrogen and oxygen atoms in total. The predicted molar refractivity (Wildman–Crippen MR) is 71.6 cm³/mol. The molecule has 3 aromatic rings. The van der Waals surface area contributed by atoms with Crippen LogP contribution in [0.5, 0.6) is 5.75 Å². The van der Waals surface area contributed by atoms with Crippen LogP contribution in [0, 0.1) is 0 Å². The molecular weight excluding hydrogens is 296 g/mol. The van der Waals surface area contributed by atoms with E-state index in [1.807, 2.05) is 36.1 Å². The average Bonchev–Trinajstić information content (AvgIpc) is 2.95. The van der Waals surface area contributed by atoms with Gasteiger partial charge in [-0.1, -0.05) is 0 Å². The van der Waals surface area contributed by atoms with Crippen molar-refractivity contribution in [2.45, 2.75) is 0 Å². The van der Waals surface area contributed by atoms with Crippen molar-refractivity contribution in [3.05, 3.63) is 35.5 Å². The molecule has 3 aromatic heterocycles. The second kappa shape index (κ2) is 4.13. The average molecular weight is 307 g/mol. The highest BCUT2D eigenvalue weighted by Gasteiger charge is 2.11. The van der Waals surface area contributed by atoms with Gasteiger partial charge < -0.3 is 4.74 Å². The second-order valence-electron chi connectivity index (χ2n) is 3.97. The quantitative estimate of drug-likeness (QED) is 0.731. The van der Waals surface area contributed by atoms with Gasteiger partial charge in [-0.25, -0.2) is 4.98 Å². The lowest BCUT2D eigenvalue weighted by atomic mass is 10.1. The molecule has 3 rings (SSSR count). The van der Waals surface area contributed by atoms with E-state index in [0.29, 0.717) is 0 Å². The molecule has 0 saturated carbocycles.